The normalized spacial score (nSPS) is 12.7. The van der Waals surface area contributed by atoms with Crippen LogP contribution in [-0.2, 0) is 11.2 Å². The molecule has 0 saturated heterocycles. The summed E-state index contributed by atoms with van der Waals surface area (Å²) in [6.07, 6.45) is 1.83. The van der Waals surface area contributed by atoms with E-state index in [2.05, 4.69) is 13.8 Å². The number of hydrogen-bond donors (Lipinski definition) is 1. The van der Waals surface area contributed by atoms with Gasteiger partial charge in [-0.1, -0.05) is 44.2 Å². The van der Waals surface area contributed by atoms with Gasteiger partial charge in [-0.25, -0.2) is 0 Å². The molecule has 17 heavy (non-hydrogen) atoms. The number of rotatable bonds is 7. The summed E-state index contributed by atoms with van der Waals surface area (Å²) >= 11 is 0. The van der Waals surface area contributed by atoms with E-state index in [-0.39, 0.29) is 5.78 Å². The first kappa shape index (κ1) is 13.9. The predicted molar refractivity (Wildman–Crippen MR) is 69.8 cm³/mol. The van der Waals surface area contributed by atoms with Crippen molar-refractivity contribution in [1.29, 1.82) is 0 Å². The summed E-state index contributed by atoms with van der Waals surface area (Å²) in [4.78, 5) is 11.6. The second-order valence-electron chi connectivity index (χ2n) is 5.01. The van der Waals surface area contributed by atoms with Gasteiger partial charge in [-0.2, -0.15) is 0 Å². The maximum Gasteiger partial charge on any atom is 0.135 e. The molecule has 2 nitrogen and oxygen atoms in total. The second-order valence-corrected chi connectivity index (χ2v) is 5.01. The molecule has 0 bridgehead atoms. The Kier molecular flexibility index (Phi) is 5.92. The Hall–Kier alpha value is -1.15. The quantitative estimate of drug-likeness (QED) is 0.787. The minimum absolute atomic E-state index is 0.155. The van der Waals surface area contributed by atoms with E-state index in [0.717, 1.165) is 6.42 Å². The van der Waals surface area contributed by atoms with Gasteiger partial charge in [-0.15, -0.1) is 0 Å². The maximum absolute atomic E-state index is 11.6. The molecule has 0 amide bonds. The Morgan fingerprint density at radius 3 is 2.47 bits per heavy atom. The van der Waals surface area contributed by atoms with E-state index >= 15 is 0 Å². The molecule has 0 aliphatic carbocycles. The third kappa shape index (κ3) is 6.22. The van der Waals surface area contributed by atoms with Crippen molar-refractivity contribution in [2.24, 2.45) is 5.92 Å². The molecule has 1 aromatic rings. The molecule has 0 saturated carbocycles. The zero-order valence-corrected chi connectivity index (χ0v) is 10.7. The van der Waals surface area contributed by atoms with Crippen molar-refractivity contribution in [2.45, 2.75) is 45.6 Å². The van der Waals surface area contributed by atoms with Crippen LogP contribution in [-0.4, -0.2) is 17.0 Å². The summed E-state index contributed by atoms with van der Waals surface area (Å²) in [5.41, 5.74) is 1.18. The van der Waals surface area contributed by atoms with Crippen LogP contribution in [0.5, 0.6) is 0 Å². The summed E-state index contributed by atoms with van der Waals surface area (Å²) in [5.74, 6) is 0.592. The minimum atomic E-state index is -0.474. The summed E-state index contributed by atoms with van der Waals surface area (Å²) in [7, 11) is 0. The molecule has 1 N–H and O–H groups in total. The van der Waals surface area contributed by atoms with E-state index < -0.39 is 6.10 Å². The van der Waals surface area contributed by atoms with Crippen molar-refractivity contribution < 1.29 is 9.90 Å². The number of Topliss-reactive ketones (excluding diaryl/α,β-unsaturated/α-hetero) is 1. The highest BCUT2D eigenvalue weighted by molar-refractivity contribution is 5.79. The monoisotopic (exact) mass is 234 g/mol. The Morgan fingerprint density at radius 1 is 1.24 bits per heavy atom. The van der Waals surface area contributed by atoms with Crippen molar-refractivity contribution in [3.63, 3.8) is 0 Å². The smallest absolute Gasteiger partial charge is 0.135 e. The number of hydrogen-bond acceptors (Lipinski definition) is 2. The Labute approximate surface area is 104 Å². The standard InChI is InChI=1S/C15H22O2/c1-12(2)10-15(17)11-14(16)9-8-13-6-4-3-5-7-13/h3-7,12,15,17H,8-11H2,1-2H3/t15-/m1/s1. The van der Waals surface area contributed by atoms with E-state index in [1.54, 1.807) is 0 Å². The first-order valence-electron chi connectivity index (χ1n) is 6.31. The molecule has 0 aliphatic rings. The van der Waals surface area contributed by atoms with Crippen molar-refractivity contribution >= 4 is 5.78 Å². The molecule has 2 heteroatoms. The fourth-order valence-electron chi connectivity index (χ4n) is 1.92. The van der Waals surface area contributed by atoms with E-state index in [1.165, 1.54) is 5.56 Å². The van der Waals surface area contributed by atoms with Gasteiger partial charge in [-0.3, -0.25) is 4.79 Å². The zero-order valence-electron chi connectivity index (χ0n) is 10.7. The molecule has 94 valence electrons. The van der Waals surface area contributed by atoms with Crippen molar-refractivity contribution in [3.8, 4) is 0 Å². The van der Waals surface area contributed by atoms with Gasteiger partial charge in [0.05, 0.1) is 6.10 Å². The molecule has 1 aromatic carbocycles. The second kappa shape index (κ2) is 7.23. The molecule has 0 spiro atoms. The van der Waals surface area contributed by atoms with Gasteiger partial charge in [0.2, 0.25) is 0 Å². The number of carbonyl (C=O) groups is 1. The van der Waals surface area contributed by atoms with Crippen molar-refractivity contribution in [1.82, 2.24) is 0 Å². The molecule has 0 heterocycles. The molecule has 0 radical (unpaired) electrons. The average molecular weight is 234 g/mol. The van der Waals surface area contributed by atoms with Gasteiger partial charge in [0, 0.05) is 12.8 Å². The van der Waals surface area contributed by atoms with Gasteiger partial charge >= 0.3 is 0 Å². The van der Waals surface area contributed by atoms with E-state index in [9.17, 15) is 9.90 Å². The Bertz CT molecular complexity index is 330. The largest absolute Gasteiger partial charge is 0.393 e. The first-order valence-corrected chi connectivity index (χ1v) is 6.31. The minimum Gasteiger partial charge on any atom is -0.393 e. The van der Waals surface area contributed by atoms with Crippen LogP contribution in [0.2, 0.25) is 0 Å². The van der Waals surface area contributed by atoms with Crippen LogP contribution in [0.15, 0.2) is 30.3 Å². The molecular formula is C15H22O2. The molecule has 0 aromatic heterocycles. The van der Waals surface area contributed by atoms with E-state index in [1.807, 2.05) is 30.3 Å². The predicted octanol–water partition coefficient (Wildman–Crippen LogP) is 2.99. The number of aliphatic hydroxyl groups excluding tert-OH is 1. The summed E-state index contributed by atoms with van der Waals surface area (Å²) in [6.45, 7) is 4.11. The van der Waals surface area contributed by atoms with Gasteiger partial charge < -0.3 is 5.11 Å². The fraction of sp³-hybridized carbons (Fsp3) is 0.533. The first-order chi connectivity index (χ1) is 8.08. The lowest BCUT2D eigenvalue weighted by atomic mass is 9.99. The van der Waals surface area contributed by atoms with Crippen molar-refractivity contribution in [3.05, 3.63) is 35.9 Å². The summed E-state index contributed by atoms with van der Waals surface area (Å²) in [5, 5.41) is 9.67. The van der Waals surface area contributed by atoms with Crippen LogP contribution >= 0.6 is 0 Å². The lowest BCUT2D eigenvalue weighted by molar-refractivity contribution is -0.121. The lowest BCUT2D eigenvalue weighted by Gasteiger charge is -2.11. The van der Waals surface area contributed by atoms with Crippen LogP contribution in [0.25, 0.3) is 0 Å². The number of aryl methyl sites for hydroxylation is 1. The number of ketones is 1. The van der Waals surface area contributed by atoms with E-state index in [0.29, 0.717) is 25.2 Å². The van der Waals surface area contributed by atoms with Crippen LogP contribution in [0, 0.1) is 5.92 Å². The fourth-order valence-corrected chi connectivity index (χ4v) is 1.92. The molecular weight excluding hydrogens is 212 g/mol. The molecule has 1 atom stereocenters. The van der Waals surface area contributed by atoms with Crippen LogP contribution in [0.1, 0.15) is 38.7 Å². The third-order valence-corrected chi connectivity index (χ3v) is 2.74. The molecule has 0 unspecified atom stereocenters. The maximum atomic E-state index is 11.6. The van der Waals surface area contributed by atoms with Crippen LogP contribution in [0.3, 0.4) is 0 Å². The Balaban J connectivity index is 2.26. The summed E-state index contributed by atoms with van der Waals surface area (Å²) in [6, 6.07) is 9.98. The average Bonchev–Trinajstić information content (AvgIpc) is 2.26. The highest BCUT2D eigenvalue weighted by atomic mass is 16.3. The van der Waals surface area contributed by atoms with Crippen LogP contribution in [0.4, 0.5) is 0 Å². The van der Waals surface area contributed by atoms with Crippen LogP contribution < -0.4 is 0 Å². The highest BCUT2D eigenvalue weighted by Crippen LogP contribution is 2.10. The SMILES string of the molecule is CC(C)C[C@@H](O)CC(=O)CCc1ccccc1. The zero-order chi connectivity index (χ0) is 12.7. The Morgan fingerprint density at radius 2 is 1.88 bits per heavy atom. The molecule has 1 rings (SSSR count). The summed E-state index contributed by atoms with van der Waals surface area (Å²) < 4.78 is 0. The molecule has 0 aliphatic heterocycles. The van der Waals surface area contributed by atoms with Gasteiger partial charge in [0.1, 0.15) is 5.78 Å². The topological polar surface area (TPSA) is 37.3 Å². The highest BCUT2D eigenvalue weighted by Gasteiger charge is 2.12. The van der Waals surface area contributed by atoms with Crippen molar-refractivity contribution in [2.75, 3.05) is 0 Å². The number of benzene rings is 1. The van der Waals surface area contributed by atoms with E-state index in [4.69, 9.17) is 0 Å². The van der Waals surface area contributed by atoms with Gasteiger partial charge in [0.15, 0.2) is 0 Å². The molecule has 0 fully saturated rings. The number of carbonyl (C=O) groups excluding carboxylic acids is 1. The lowest BCUT2D eigenvalue weighted by Crippen LogP contribution is -2.16. The van der Waals surface area contributed by atoms with Gasteiger partial charge in [0.25, 0.3) is 0 Å². The number of aliphatic hydroxyl groups is 1. The third-order valence-electron chi connectivity index (χ3n) is 2.74. The van der Waals surface area contributed by atoms with Gasteiger partial charge in [-0.05, 0) is 24.3 Å².